The molecule has 1 unspecified atom stereocenters. The summed E-state index contributed by atoms with van der Waals surface area (Å²) in [7, 11) is 0. The van der Waals surface area contributed by atoms with Crippen LogP contribution >= 0.6 is 11.8 Å². The number of amides is 1. The largest absolute Gasteiger partial charge is 0.398 e. The summed E-state index contributed by atoms with van der Waals surface area (Å²) in [5.41, 5.74) is 7.99. The van der Waals surface area contributed by atoms with Gasteiger partial charge in [-0.05, 0) is 49.7 Å². The first kappa shape index (κ1) is 15.4. The lowest BCUT2D eigenvalue weighted by Gasteiger charge is -2.14. The summed E-state index contributed by atoms with van der Waals surface area (Å²) in [5.74, 6) is -0.447. The highest BCUT2D eigenvalue weighted by atomic mass is 32.2. The van der Waals surface area contributed by atoms with Gasteiger partial charge in [0.25, 0.3) is 0 Å². The van der Waals surface area contributed by atoms with Gasteiger partial charge in [-0.3, -0.25) is 4.79 Å². The van der Waals surface area contributed by atoms with Crippen LogP contribution in [0.2, 0.25) is 0 Å². The molecule has 1 amide bonds. The van der Waals surface area contributed by atoms with E-state index in [1.807, 2.05) is 13.0 Å². The molecule has 110 valence electrons. The molecule has 2 aromatic carbocycles. The molecule has 21 heavy (non-hydrogen) atoms. The molecule has 0 spiro atoms. The lowest BCUT2D eigenvalue weighted by molar-refractivity contribution is -0.115. The van der Waals surface area contributed by atoms with Crippen molar-refractivity contribution in [2.24, 2.45) is 0 Å². The van der Waals surface area contributed by atoms with Crippen molar-refractivity contribution < 1.29 is 9.18 Å². The Balaban J connectivity index is 2.04. The van der Waals surface area contributed by atoms with E-state index in [0.29, 0.717) is 11.4 Å². The first-order valence-corrected chi connectivity index (χ1v) is 7.43. The number of anilines is 2. The quantitative estimate of drug-likeness (QED) is 0.666. The van der Waals surface area contributed by atoms with Crippen molar-refractivity contribution in [3.05, 3.63) is 53.8 Å². The number of thioether (sulfide) groups is 1. The predicted octanol–water partition coefficient (Wildman–Crippen LogP) is 3.84. The van der Waals surface area contributed by atoms with Gasteiger partial charge in [-0.15, -0.1) is 11.8 Å². The zero-order chi connectivity index (χ0) is 15.4. The van der Waals surface area contributed by atoms with Crippen molar-refractivity contribution in [1.82, 2.24) is 0 Å². The van der Waals surface area contributed by atoms with Crippen LogP contribution in [0.3, 0.4) is 0 Å². The van der Waals surface area contributed by atoms with E-state index in [0.717, 1.165) is 10.5 Å². The molecule has 0 bridgehead atoms. The number of carbonyl (C=O) groups excluding carboxylic acids is 1. The number of nitrogen functional groups attached to an aromatic ring is 1. The Bertz CT molecular complexity index is 660. The number of carbonyl (C=O) groups is 1. The number of nitrogens with two attached hydrogens (primary N) is 1. The van der Waals surface area contributed by atoms with E-state index in [1.54, 1.807) is 31.2 Å². The molecule has 2 aromatic rings. The van der Waals surface area contributed by atoms with Crippen LogP contribution in [0.15, 0.2) is 47.4 Å². The van der Waals surface area contributed by atoms with Crippen molar-refractivity contribution in [1.29, 1.82) is 0 Å². The number of hydrogen-bond acceptors (Lipinski definition) is 3. The van der Waals surface area contributed by atoms with Gasteiger partial charge in [-0.1, -0.05) is 12.1 Å². The van der Waals surface area contributed by atoms with Gasteiger partial charge in [-0.2, -0.15) is 0 Å². The minimum Gasteiger partial charge on any atom is -0.398 e. The minimum absolute atomic E-state index is 0.141. The fourth-order valence-corrected chi connectivity index (χ4v) is 2.73. The van der Waals surface area contributed by atoms with Crippen LogP contribution in [0, 0.1) is 12.7 Å². The predicted molar refractivity (Wildman–Crippen MR) is 85.9 cm³/mol. The van der Waals surface area contributed by atoms with Gasteiger partial charge in [0.2, 0.25) is 5.91 Å². The number of halogens is 1. The molecule has 0 radical (unpaired) electrons. The summed E-state index contributed by atoms with van der Waals surface area (Å²) in [6.07, 6.45) is 0. The molecular weight excluding hydrogens is 287 g/mol. The Morgan fingerprint density at radius 1 is 1.29 bits per heavy atom. The summed E-state index contributed by atoms with van der Waals surface area (Å²) in [5, 5.41) is 2.51. The van der Waals surface area contributed by atoms with Crippen molar-refractivity contribution in [3.63, 3.8) is 0 Å². The smallest absolute Gasteiger partial charge is 0.237 e. The average Bonchev–Trinajstić information content (AvgIpc) is 2.44. The highest BCUT2D eigenvalue weighted by Gasteiger charge is 2.16. The molecular formula is C16H17FN2OS. The van der Waals surface area contributed by atoms with Gasteiger partial charge in [0.05, 0.1) is 5.25 Å². The third-order valence-electron chi connectivity index (χ3n) is 3.11. The summed E-state index contributed by atoms with van der Waals surface area (Å²) in [6, 6.07) is 11.6. The van der Waals surface area contributed by atoms with Crippen LogP contribution in [0.25, 0.3) is 0 Å². The molecule has 1 atom stereocenters. The molecule has 0 aromatic heterocycles. The second kappa shape index (κ2) is 6.63. The van der Waals surface area contributed by atoms with Gasteiger partial charge < -0.3 is 11.1 Å². The summed E-state index contributed by atoms with van der Waals surface area (Å²) < 4.78 is 13.1. The van der Waals surface area contributed by atoms with E-state index in [1.165, 1.54) is 23.9 Å². The molecule has 0 saturated heterocycles. The fourth-order valence-electron chi connectivity index (χ4n) is 1.82. The monoisotopic (exact) mass is 304 g/mol. The van der Waals surface area contributed by atoms with Crippen molar-refractivity contribution >= 4 is 29.0 Å². The minimum atomic E-state index is -0.340. The Hall–Kier alpha value is -2.01. The van der Waals surface area contributed by atoms with E-state index < -0.39 is 0 Å². The van der Waals surface area contributed by atoms with Gasteiger partial charge in [0.15, 0.2) is 0 Å². The third kappa shape index (κ3) is 3.98. The number of hydrogen-bond donors (Lipinski definition) is 2. The average molecular weight is 304 g/mol. The summed E-state index contributed by atoms with van der Waals surface area (Å²) in [4.78, 5) is 12.9. The van der Waals surface area contributed by atoms with Crippen LogP contribution in [0.4, 0.5) is 15.8 Å². The molecule has 0 fully saturated rings. The van der Waals surface area contributed by atoms with Gasteiger partial charge in [0, 0.05) is 16.3 Å². The lowest BCUT2D eigenvalue weighted by Crippen LogP contribution is -2.23. The highest BCUT2D eigenvalue weighted by Crippen LogP contribution is 2.26. The molecule has 3 nitrogen and oxygen atoms in total. The Morgan fingerprint density at radius 3 is 2.71 bits per heavy atom. The maximum atomic E-state index is 13.1. The van der Waals surface area contributed by atoms with E-state index in [9.17, 15) is 9.18 Å². The van der Waals surface area contributed by atoms with Crippen molar-refractivity contribution in [2.75, 3.05) is 11.1 Å². The zero-order valence-electron chi connectivity index (χ0n) is 11.9. The topological polar surface area (TPSA) is 55.1 Å². The van der Waals surface area contributed by atoms with Gasteiger partial charge in [-0.25, -0.2) is 4.39 Å². The van der Waals surface area contributed by atoms with Crippen LogP contribution in [0.5, 0.6) is 0 Å². The normalized spacial score (nSPS) is 12.0. The second-order valence-electron chi connectivity index (χ2n) is 4.73. The van der Waals surface area contributed by atoms with Crippen LogP contribution < -0.4 is 11.1 Å². The van der Waals surface area contributed by atoms with Crippen LogP contribution in [-0.2, 0) is 4.79 Å². The van der Waals surface area contributed by atoms with Crippen LogP contribution in [-0.4, -0.2) is 11.2 Å². The fraction of sp³-hybridized carbons (Fsp3) is 0.188. The maximum Gasteiger partial charge on any atom is 0.237 e. The molecule has 0 aliphatic rings. The maximum absolute atomic E-state index is 13.1. The molecule has 0 saturated carbocycles. The molecule has 0 aliphatic carbocycles. The molecule has 0 heterocycles. The number of benzene rings is 2. The molecule has 2 rings (SSSR count). The SMILES string of the molecule is Cc1c(N)cccc1NC(=O)C(C)Sc1cccc(F)c1. The third-order valence-corrected chi connectivity index (χ3v) is 4.21. The van der Waals surface area contributed by atoms with Crippen molar-refractivity contribution in [3.8, 4) is 0 Å². The molecule has 0 aliphatic heterocycles. The zero-order valence-corrected chi connectivity index (χ0v) is 12.7. The van der Waals surface area contributed by atoms with Crippen LogP contribution in [0.1, 0.15) is 12.5 Å². The van der Waals surface area contributed by atoms with Gasteiger partial charge >= 0.3 is 0 Å². The van der Waals surface area contributed by atoms with Crippen molar-refractivity contribution in [2.45, 2.75) is 24.0 Å². The summed E-state index contributed by atoms with van der Waals surface area (Å²) in [6.45, 7) is 3.64. The summed E-state index contributed by atoms with van der Waals surface area (Å²) >= 11 is 1.31. The molecule has 3 N–H and O–H groups in total. The Labute approximate surface area is 127 Å². The van der Waals surface area contributed by atoms with Gasteiger partial charge in [0.1, 0.15) is 5.82 Å². The molecule has 5 heteroatoms. The first-order chi connectivity index (χ1) is 9.97. The second-order valence-corrected chi connectivity index (χ2v) is 6.14. The Morgan fingerprint density at radius 2 is 2.00 bits per heavy atom. The standard InChI is InChI=1S/C16H17FN2OS/c1-10-14(18)7-4-8-15(10)19-16(20)11(2)21-13-6-3-5-12(17)9-13/h3-9,11H,18H2,1-2H3,(H,19,20). The lowest BCUT2D eigenvalue weighted by atomic mass is 10.1. The highest BCUT2D eigenvalue weighted by molar-refractivity contribution is 8.00. The van der Waals surface area contributed by atoms with E-state index in [-0.39, 0.29) is 17.0 Å². The van der Waals surface area contributed by atoms with E-state index in [4.69, 9.17) is 5.73 Å². The Kier molecular flexibility index (Phi) is 4.85. The first-order valence-electron chi connectivity index (χ1n) is 6.55. The number of rotatable bonds is 4. The van der Waals surface area contributed by atoms with E-state index >= 15 is 0 Å². The number of nitrogens with one attached hydrogen (secondary N) is 1. The van der Waals surface area contributed by atoms with E-state index in [2.05, 4.69) is 5.32 Å².